The molecule has 1 N–H and O–H groups in total. The fourth-order valence-corrected chi connectivity index (χ4v) is 9.12. The molecule has 15 heteroatoms. The van der Waals surface area contributed by atoms with Crippen molar-refractivity contribution in [3.05, 3.63) is 106 Å². The van der Waals surface area contributed by atoms with Crippen molar-refractivity contribution in [2.24, 2.45) is 11.0 Å². The minimum absolute atomic E-state index is 0.00905. The Bertz CT molecular complexity index is 1900. The summed E-state index contributed by atoms with van der Waals surface area (Å²) in [7, 11) is -4.04. The summed E-state index contributed by atoms with van der Waals surface area (Å²) >= 11 is 0. The number of nitrogens with zero attached hydrogens (tertiary/aromatic N) is 5. The Morgan fingerprint density at radius 1 is 1.02 bits per heavy atom. The van der Waals surface area contributed by atoms with Crippen LogP contribution in [0.15, 0.2) is 82.8 Å². The van der Waals surface area contributed by atoms with Gasteiger partial charge in [-0.3, -0.25) is 4.79 Å². The number of rotatable bonds is 11. The predicted octanol–water partition coefficient (Wildman–Crippen LogP) is 7.42. The standard InChI is InChI=1S/C38H46F2N6O6S/c1-25-23-45(37(48)52-38(2,3)4)24-29(46(25)53(49,50)30-9-6-5-7-10-30)17-18-31-32(40)11-8-12-33(31)42-36(47)35(43-44-41)34(27-19-21-51-22-20-27)26-13-15-28(39)16-14-26/h5-16,25,27,29,34-35H,17-24H2,1-4H3,(H,42,47)/t25-,29-,34-,35?/m0/s1. The summed E-state index contributed by atoms with van der Waals surface area (Å²) in [6, 6.07) is 15.2. The largest absolute Gasteiger partial charge is 0.444 e. The van der Waals surface area contributed by atoms with E-state index in [4.69, 9.17) is 9.47 Å². The lowest BCUT2D eigenvalue weighted by molar-refractivity contribution is -0.118. The Kier molecular flexibility index (Phi) is 12.8. The lowest BCUT2D eigenvalue weighted by Crippen LogP contribution is -2.61. The van der Waals surface area contributed by atoms with Gasteiger partial charge in [-0.05, 0) is 107 Å². The summed E-state index contributed by atoms with van der Waals surface area (Å²) in [6.45, 7) is 7.92. The van der Waals surface area contributed by atoms with E-state index in [0.717, 1.165) is 0 Å². The highest BCUT2D eigenvalue weighted by molar-refractivity contribution is 7.89. The van der Waals surface area contributed by atoms with Crippen LogP contribution in [-0.4, -0.2) is 79.7 Å². The zero-order chi connectivity index (χ0) is 38.3. The molecule has 2 heterocycles. The number of anilines is 1. The average molecular weight is 753 g/mol. The zero-order valence-electron chi connectivity index (χ0n) is 30.3. The van der Waals surface area contributed by atoms with Crippen LogP contribution in [-0.2, 0) is 30.7 Å². The second kappa shape index (κ2) is 17.1. The smallest absolute Gasteiger partial charge is 0.410 e. The molecule has 53 heavy (non-hydrogen) atoms. The van der Waals surface area contributed by atoms with E-state index in [1.54, 1.807) is 58.0 Å². The van der Waals surface area contributed by atoms with Crippen molar-refractivity contribution in [2.45, 2.75) is 87.9 Å². The van der Waals surface area contributed by atoms with E-state index in [1.165, 1.54) is 51.7 Å². The van der Waals surface area contributed by atoms with Crippen LogP contribution >= 0.6 is 0 Å². The van der Waals surface area contributed by atoms with Crippen LogP contribution in [0.3, 0.4) is 0 Å². The number of carbonyl (C=O) groups is 2. The maximum absolute atomic E-state index is 15.7. The molecule has 0 aliphatic carbocycles. The van der Waals surface area contributed by atoms with E-state index in [1.807, 2.05) is 0 Å². The fraction of sp³-hybridized carbons (Fsp3) is 0.474. The molecule has 2 saturated heterocycles. The van der Waals surface area contributed by atoms with Crippen molar-refractivity contribution in [1.82, 2.24) is 9.21 Å². The Balaban J connectivity index is 1.44. The Hall–Kier alpha value is -4.56. The molecule has 0 saturated carbocycles. The third-order valence-electron chi connectivity index (χ3n) is 9.60. The molecule has 3 aromatic rings. The van der Waals surface area contributed by atoms with Gasteiger partial charge in [0.2, 0.25) is 15.9 Å². The van der Waals surface area contributed by atoms with Gasteiger partial charge in [0, 0.05) is 60.5 Å². The first-order chi connectivity index (χ1) is 25.2. The maximum atomic E-state index is 15.7. The number of benzene rings is 3. The minimum atomic E-state index is -4.04. The van der Waals surface area contributed by atoms with Gasteiger partial charge >= 0.3 is 6.09 Å². The molecule has 2 aliphatic heterocycles. The monoisotopic (exact) mass is 752 g/mol. The molecular formula is C38H46F2N6O6S. The first kappa shape index (κ1) is 39.6. The first-order valence-electron chi connectivity index (χ1n) is 17.7. The number of amides is 2. The van der Waals surface area contributed by atoms with Crippen molar-refractivity contribution in [3.63, 3.8) is 0 Å². The van der Waals surface area contributed by atoms with Crippen molar-refractivity contribution >= 4 is 27.7 Å². The van der Waals surface area contributed by atoms with Crippen molar-refractivity contribution in [2.75, 3.05) is 31.6 Å². The molecule has 3 aromatic carbocycles. The number of hydrogen-bond donors (Lipinski definition) is 1. The second-order valence-electron chi connectivity index (χ2n) is 14.5. The summed E-state index contributed by atoms with van der Waals surface area (Å²) < 4.78 is 70.3. The summed E-state index contributed by atoms with van der Waals surface area (Å²) in [4.78, 5) is 31.8. The number of ether oxygens (including phenoxy) is 2. The number of sulfonamides is 1. The lowest BCUT2D eigenvalue weighted by atomic mass is 9.76. The summed E-state index contributed by atoms with van der Waals surface area (Å²) in [5, 5.41) is 6.70. The minimum Gasteiger partial charge on any atom is -0.444 e. The summed E-state index contributed by atoms with van der Waals surface area (Å²) in [5.41, 5.74) is 9.66. The molecule has 5 rings (SSSR count). The Morgan fingerprint density at radius 2 is 1.70 bits per heavy atom. The van der Waals surface area contributed by atoms with Crippen molar-refractivity contribution in [3.8, 4) is 0 Å². The van der Waals surface area contributed by atoms with Gasteiger partial charge in [-0.15, -0.1) is 0 Å². The van der Waals surface area contributed by atoms with Gasteiger partial charge in [0.1, 0.15) is 23.3 Å². The molecule has 0 bridgehead atoms. The zero-order valence-corrected chi connectivity index (χ0v) is 31.1. The molecule has 2 fully saturated rings. The third-order valence-corrected chi connectivity index (χ3v) is 11.7. The van der Waals surface area contributed by atoms with E-state index in [9.17, 15) is 27.9 Å². The van der Waals surface area contributed by atoms with Gasteiger partial charge in [-0.25, -0.2) is 22.0 Å². The highest BCUT2D eigenvalue weighted by Gasteiger charge is 2.43. The van der Waals surface area contributed by atoms with E-state index in [-0.39, 0.29) is 48.0 Å². The van der Waals surface area contributed by atoms with E-state index >= 15 is 4.39 Å². The number of hydrogen-bond acceptors (Lipinski definition) is 7. The Labute approximate surface area is 309 Å². The SMILES string of the molecule is C[C@H]1CN(C(=O)OC(C)(C)C)C[C@H](CCc2c(F)cccc2NC(=O)C(N=[N+]=[N-])[C@@H](c2ccc(F)cc2)C2CCOCC2)N1S(=O)(=O)c1ccccc1. The second-order valence-corrected chi connectivity index (χ2v) is 16.4. The molecule has 1 unspecified atom stereocenters. The molecule has 0 aromatic heterocycles. The highest BCUT2D eigenvalue weighted by Crippen LogP contribution is 2.38. The molecular weight excluding hydrogens is 707 g/mol. The van der Waals surface area contributed by atoms with E-state index in [2.05, 4.69) is 15.3 Å². The molecule has 12 nitrogen and oxygen atoms in total. The van der Waals surface area contributed by atoms with Crippen LogP contribution in [0.2, 0.25) is 0 Å². The Morgan fingerprint density at radius 3 is 2.34 bits per heavy atom. The summed E-state index contributed by atoms with van der Waals surface area (Å²) in [6.07, 6.45) is 0.644. The van der Waals surface area contributed by atoms with Crippen LogP contribution in [0, 0.1) is 17.6 Å². The lowest BCUT2D eigenvalue weighted by Gasteiger charge is -2.44. The summed E-state index contributed by atoms with van der Waals surface area (Å²) in [5.74, 6) is -2.50. The highest BCUT2D eigenvalue weighted by atomic mass is 32.2. The van der Waals surface area contributed by atoms with Crippen molar-refractivity contribution < 1.29 is 36.3 Å². The van der Waals surface area contributed by atoms with Gasteiger partial charge in [0.15, 0.2) is 0 Å². The number of halogens is 2. The molecule has 0 radical (unpaired) electrons. The van der Waals surface area contributed by atoms with Gasteiger partial charge in [0.05, 0.1) is 4.90 Å². The van der Waals surface area contributed by atoms with Crippen LogP contribution in [0.1, 0.15) is 64.0 Å². The molecule has 2 amide bonds. The fourth-order valence-electron chi connectivity index (χ4n) is 7.27. The molecule has 4 atom stereocenters. The third kappa shape index (κ3) is 9.71. The number of piperazine rings is 1. The average Bonchev–Trinajstić information content (AvgIpc) is 3.11. The van der Waals surface area contributed by atoms with Gasteiger partial charge in [-0.2, -0.15) is 4.31 Å². The topological polar surface area (TPSA) is 154 Å². The van der Waals surface area contributed by atoms with E-state index in [0.29, 0.717) is 31.6 Å². The number of azide groups is 1. The number of carbonyl (C=O) groups excluding carboxylic acids is 2. The predicted molar refractivity (Wildman–Crippen MR) is 195 cm³/mol. The first-order valence-corrected chi connectivity index (χ1v) is 19.2. The van der Waals surface area contributed by atoms with E-state index < -0.39 is 63.3 Å². The molecule has 2 aliphatic rings. The molecule has 0 spiro atoms. The normalized spacial score (nSPS) is 19.8. The van der Waals surface area contributed by atoms with Gasteiger partial charge in [0.25, 0.3) is 0 Å². The van der Waals surface area contributed by atoms with Crippen molar-refractivity contribution in [1.29, 1.82) is 0 Å². The quantitative estimate of drug-likeness (QED) is 0.122. The van der Waals surface area contributed by atoms with Gasteiger partial charge < -0.3 is 19.7 Å². The maximum Gasteiger partial charge on any atom is 0.410 e. The number of nitrogens with one attached hydrogen (secondary N) is 1. The molecule has 284 valence electrons. The van der Waals surface area contributed by atoms with Crippen LogP contribution in [0.25, 0.3) is 10.4 Å². The van der Waals surface area contributed by atoms with Crippen LogP contribution in [0.5, 0.6) is 0 Å². The van der Waals surface area contributed by atoms with Gasteiger partial charge in [-0.1, -0.05) is 41.5 Å². The van der Waals surface area contributed by atoms with Crippen LogP contribution in [0.4, 0.5) is 19.3 Å². The van der Waals surface area contributed by atoms with Crippen LogP contribution < -0.4 is 5.32 Å².